The maximum atomic E-state index is 12.0. The van der Waals surface area contributed by atoms with E-state index in [9.17, 15) is 4.39 Å². The number of nitrogens with one attached hydrogen (secondary N) is 2. The van der Waals surface area contributed by atoms with Crippen LogP contribution >= 0.6 is 0 Å². The highest BCUT2D eigenvalue weighted by atomic mass is 19.1. The number of hydrogen-bond acceptors (Lipinski definition) is 4. The number of ether oxygens (including phenoxy) is 1. The van der Waals surface area contributed by atoms with Crippen LogP contribution in [0.1, 0.15) is 25.7 Å². The summed E-state index contributed by atoms with van der Waals surface area (Å²) >= 11 is 0. The van der Waals surface area contributed by atoms with Gasteiger partial charge in [-0.3, -0.25) is 15.8 Å². The van der Waals surface area contributed by atoms with Crippen LogP contribution in [0, 0.1) is 10.8 Å². The smallest absolute Gasteiger partial charge is 0.123 e. The van der Waals surface area contributed by atoms with Crippen molar-refractivity contribution >= 4 is 17.8 Å². The monoisotopic (exact) mass is 306 g/mol. The molecular formula is C16H23FN4O. The van der Waals surface area contributed by atoms with Crippen LogP contribution in [0.4, 0.5) is 4.39 Å². The lowest BCUT2D eigenvalue weighted by atomic mass is 10.00. The van der Waals surface area contributed by atoms with E-state index in [0.29, 0.717) is 37.4 Å². The number of halogens is 1. The fourth-order valence-corrected chi connectivity index (χ4v) is 2.29. The molecule has 0 aromatic heterocycles. The Bertz CT molecular complexity index is 506. The first-order valence-corrected chi connectivity index (χ1v) is 7.70. The summed E-state index contributed by atoms with van der Waals surface area (Å²) in [4.78, 5) is 6.29. The number of allylic oxidation sites excluding steroid dienone is 4. The Kier molecular flexibility index (Phi) is 6.30. The van der Waals surface area contributed by atoms with E-state index in [-0.39, 0.29) is 6.61 Å². The molecular weight excluding hydrogens is 283 g/mol. The molecule has 0 spiro atoms. The average molecular weight is 306 g/mol. The van der Waals surface area contributed by atoms with Crippen molar-refractivity contribution in [1.82, 2.24) is 4.90 Å². The third kappa shape index (κ3) is 4.79. The van der Waals surface area contributed by atoms with Gasteiger partial charge in [0.05, 0.1) is 17.3 Å². The van der Waals surface area contributed by atoms with Crippen LogP contribution in [0.25, 0.3) is 0 Å². The number of likely N-dealkylation sites (tertiary alicyclic amines) is 1. The predicted octanol–water partition coefficient (Wildman–Crippen LogP) is 2.74. The van der Waals surface area contributed by atoms with Crippen molar-refractivity contribution in [3.05, 3.63) is 23.5 Å². The molecule has 6 heteroatoms. The lowest BCUT2D eigenvalue weighted by Crippen LogP contribution is -2.41. The topological polar surface area (TPSA) is 72.5 Å². The summed E-state index contributed by atoms with van der Waals surface area (Å²) in [6, 6.07) is 0. The van der Waals surface area contributed by atoms with Crippen molar-refractivity contribution < 1.29 is 9.13 Å². The first-order valence-electron chi connectivity index (χ1n) is 7.70. The molecule has 2 rings (SSSR count). The summed E-state index contributed by atoms with van der Waals surface area (Å²) in [5.74, 6) is 1.42. The molecule has 2 aliphatic rings. The number of nitrogens with zero attached hydrogens (tertiary/aromatic N) is 2. The van der Waals surface area contributed by atoms with Crippen LogP contribution in [0.15, 0.2) is 28.5 Å². The fraction of sp³-hybridized carbons (Fsp3) is 0.562. The van der Waals surface area contributed by atoms with Crippen molar-refractivity contribution in [1.29, 1.82) is 10.8 Å². The second-order valence-corrected chi connectivity index (χ2v) is 5.35. The van der Waals surface area contributed by atoms with E-state index in [4.69, 9.17) is 15.6 Å². The summed E-state index contributed by atoms with van der Waals surface area (Å²) in [5, 5.41) is 15.8. The lowest BCUT2D eigenvalue weighted by molar-refractivity contribution is 0.179. The predicted molar refractivity (Wildman–Crippen MR) is 86.9 cm³/mol. The molecule has 0 aromatic rings. The molecule has 0 saturated carbocycles. The molecule has 0 radical (unpaired) electrons. The molecule has 1 aliphatic carbocycles. The Morgan fingerprint density at radius 3 is 2.73 bits per heavy atom. The van der Waals surface area contributed by atoms with Crippen molar-refractivity contribution in [3.8, 4) is 0 Å². The van der Waals surface area contributed by atoms with Crippen LogP contribution in [0.3, 0.4) is 0 Å². The van der Waals surface area contributed by atoms with Gasteiger partial charge in [0.15, 0.2) is 0 Å². The molecule has 0 atom stereocenters. The van der Waals surface area contributed by atoms with Gasteiger partial charge in [-0.15, -0.1) is 0 Å². The number of hydrogen-bond donors (Lipinski definition) is 2. The second-order valence-electron chi connectivity index (χ2n) is 5.35. The van der Waals surface area contributed by atoms with E-state index in [1.165, 1.54) is 6.42 Å². The van der Waals surface area contributed by atoms with Gasteiger partial charge >= 0.3 is 0 Å². The number of rotatable bonds is 8. The van der Waals surface area contributed by atoms with Crippen molar-refractivity contribution in [2.75, 3.05) is 32.9 Å². The average Bonchev–Trinajstić information content (AvgIpc) is 2.48. The summed E-state index contributed by atoms with van der Waals surface area (Å²) in [5.41, 5.74) is 1.31. The minimum Gasteiger partial charge on any atom is -0.495 e. The Balaban J connectivity index is 1.72. The normalized spacial score (nSPS) is 17.8. The zero-order valence-electron chi connectivity index (χ0n) is 12.8. The summed E-state index contributed by atoms with van der Waals surface area (Å²) < 4.78 is 17.3. The van der Waals surface area contributed by atoms with E-state index in [2.05, 4.69) is 4.99 Å². The summed E-state index contributed by atoms with van der Waals surface area (Å²) in [6.45, 7) is 2.14. The third-order valence-electron chi connectivity index (χ3n) is 3.76. The molecule has 5 nitrogen and oxygen atoms in total. The molecule has 0 aromatic carbocycles. The van der Waals surface area contributed by atoms with Gasteiger partial charge in [0.1, 0.15) is 13.3 Å². The number of amidine groups is 1. The van der Waals surface area contributed by atoms with Gasteiger partial charge in [-0.25, -0.2) is 4.39 Å². The van der Waals surface area contributed by atoms with Gasteiger partial charge < -0.3 is 9.64 Å². The highest BCUT2D eigenvalue weighted by Gasteiger charge is 2.16. The minimum absolute atomic E-state index is 0.0941. The fourth-order valence-electron chi connectivity index (χ4n) is 2.29. The van der Waals surface area contributed by atoms with Crippen LogP contribution < -0.4 is 0 Å². The van der Waals surface area contributed by atoms with Gasteiger partial charge in [-0.2, -0.15) is 0 Å². The van der Waals surface area contributed by atoms with Gasteiger partial charge in [0.25, 0.3) is 0 Å². The molecule has 1 heterocycles. The molecule has 120 valence electrons. The van der Waals surface area contributed by atoms with E-state index in [1.54, 1.807) is 12.3 Å². The highest BCUT2D eigenvalue weighted by molar-refractivity contribution is 6.36. The first kappa shape index (κ1) is 16.4. The van der Waals surface area contributed by atoms with Crippen LogP contribution in [0.2, 0.25) is 0 Å². The molecule has 0 amide bonds. The Morgan fingerprint density at radius 1 is 1.32 bits per heavy atom. The zero-order chi connectivity index (χ0) is 15.8. The molecule has 22 heavy (non-hydrogen) atoms. The first-order chi connectivity index (χ1) is 10.7. The molecule has 2 N–H and O–H groups in total. The van der Waals surface area contributed by atoms with E-state index in [1.807, 2.05) is 11.0 Å². The van der Waals surface area contributed by atoms with Gasteiger partial charge in [-0.05, 0) is 24.5 Å². The standard InChI is InChI=1S/C16H23FN4O/c17-7-11-22-14-4-2-13(3-5-14)15(18)12-20-8-6-16(19)21-9-1-10-21/h2,4,12,18-19H,1,3,5-11H2. The lowest BCUT2D eigenvalue weighted by Gasteiger charge is -2.33. The van der Waals surface area contributed by atoms with Gasteiger partial charge in [-0.1, -0.05) is 6.08 Å². The van der Waals surface area contributed by atoms with Crippen molar-refractivity contribution in [2.24, 2.45) is 4.99 Å². The van der Waals surface area contributed by atoms with E-state index in [0.717, 1.165) is 24.4 Å². The van der Waals surface area contributed by atoms with E-state index >= 15 is 0 Å². The highest BCUT2D eigenvalue weighted by Crippen LogP contribution is 2.19. The molecule has 1 aliphatic heterocycles. The molecule has 0 bridgehead atoms. The zero-order valence-corrected chi connectivity index (χ0v) is 12.8. The Morgan fingerprint density at radius 2 is 2.14 bits per heavy atom. The number of aliphatic imine (C=N–C) groups is 1. The van der Waals surface area contributed by atoms with Crippen LogP contribution in [-0.4, -0.2) is 55.6 Å². The molecule has 1 saturated heterocycles. The maximum Gasteiger partial charge on any atom is 0.123 e. The summed E-state index contributed by atoms with van der Waals surface area (Å²) in [7, 11) is 0. The summed E-state index contributed by atoms with van der Waals surface area (Å²) in [6.07, 6.45) is 8.42. The second kappa shape index (κ2) is 8.46. The van der Waals surface area contributed by atoms with Crippen LogP contribution in [0.5, 0.6) is 0 Å². The minimum atomic E-state index is -0.483. The third-order valence-corrected chi connectivity index (χ3v) is 3.76. The van der Waals surface area contributed by atoms with Gasteiger partial charge in [0, 0.05) is 38.7 Å². The Hall–Kier alpha value is -1.98. The largest absolute Gasteiger partial charge is 0.495 e. The van der Waals surface area contributed by atoms with Gasteiger partial charge in [0.2, 0.25) is 0 Å². The quantitative estimate of drug-likeness (QED) is 0.534. The molecule has 0 unspecified atom stereocenters. The van der Waals surface area contributed by atoms with Crippen LogP contribution in [-0.2, 0) is 4.74 Å². The Labute approximate surface area is 130 Å². The SMILES string of the molecule is N=C(C=NCCC(=N)N1CCC1)C1=CC=C(OCCF)CC1. The van der Waals surface area contributed by atoms with Crippen molar-refractivity contribution in [3.63, 3.8) is 0 Å². The van der Waals surface area contributed by atoms with Crippen molar-refractivity contribution in [2.45, 2.75) is 25.7 Å². The molecule has 1 fully saturated rings. The van der Waals surface area contributed by atoms with E-state index < -0.39 is 6.67 Å². The number of alkyl halides is 1. The maximum absolute atomic E-state index is 12.0.